The molecular weight excluding hydrogens is 344 g/mol. The number of ether oxygens (including phenoxy) is 1. The molecule has 1 saturated heterocycles. The van der Waals surface area contributed by atoms with Crippen molar-refractivity contribution in [2.45, 2.75) is 38.4 Å². The molecule has 0 radical (unpaired) electrons. The topological polar surface area (TPSA) is 79.6 Å². The van der Waals surface area contributed by atoms with Gasteiger partial charge in [-0.3, -0.25) is 9.69 Å². The van der Waals surface area contributed by atoms with Crippen LogP contribution < -0.4 is 15.4 Å². The first-order chi connectivity index (χ1) is 13.2. The molecule has 0 bridgehead atoms. The van der Waals surface area contributed by atoms with Crippen molar-refractivity contribution in [3.05, 3.63) is 46.8 Å². The van der Waals surface area contributed by atoms with E-state index in [0.29, 0.717) is 12.3 Å². The first-order valence-electron chi connectivity index (χ1n) is 9.58. The van der Waals surface area contributed by atoms with Crippen molar-refractivity contribution in [2.24, 2.45) is 0 Å². The minimum atomic E-state index is -0.143. The Bertz CT molecular complexity index is 796. The van der Waals surface area contributed by atoms with E-state index in [0.717, 1.165) is 62.4 Å². The second-order valence-electron chi connectivity index (χ2n) is 7.20. The van der Waals surface area contributed by atoms with Gasteiger partial charge in [-0.25, -0.2) is 0 Å². The summed E-state index contributed by atoms with van der Waals surface area (Å²) in [6.07, 6.45) is 2.67. The number of hydrogen-bond acceptors (Lipinski definition) is 6. The first-order valence-corrected chi connectivity index (χ1v) is 9.58. The van der Waals surface area contributed by atoms with Gasteiger partial charge in [-0.15, -0.1) is 0 Å². The van der Waals surface area contributed by atoms with E-state index < -0.39 is 0 Å². The molecule has 0 atom stereocenters. The molecule has 0 saturated carbocycles. The Labute approximate surface area is 159 Å². The Kier molecular flexibility index (Phi) is 5.40. The highest BCUT2D eigenvalue weighted by atomic mass is 16.5. The van der Waals surface area contributed by atoms with Crippen LogP contribution in [0.1, 0.15) is 40.2 Å². The number of nitrogens with zero attached hydrogens (tertiary/aromatic N) is 2. The quantitative estimate of drug-likeness (QED) is 0.834. The molecule has 2 aromatic rings. The van der Waals surface area contributed by atoms with Gasteiger partial charge in [-0.2, -0.15) is 0 Å². The van der Waals surface area contributed by atoms with Gasteiger partial charge in [0.1, 0.15) is 5.75 Å². The number of carbonyl (C=O) groups excluding carboxylic acids is 1. The summed E-state index contributed by atoms with van der Waals surface area (Å²) in [5, 5.41) is 10.4. The molecule has 2 aliphatic rings. The van der Waals surface area contributed by atoms with E-state index in [1.807, 2.05) is 18.2 Å². The van der Waals surface area contributed by atoms with E-state index in [9.17, 15) is 4.79 Å². The monoisotopic (exact) mass is 370 g/mol. The van der Waals surface area contributed by atoms with E-state index in [2.05, 4.69) is 26.8 Å². The molecule has 4 rings (SSSR count). The van der Waals surface area contributed by atoms with Crippen LogP contribution in [0.5, 0.6) is 5.75 Å². The Morgan fingerprint density at radius 1 is 1.37 bits per heavy atom. The van der Waals surface area contributed by atoms with E-state index in [4.69, 9.17) is 9.26 Å². The number of amides is 1. The largest absolute Gasteiger partial charge is 0.496 e. The summed E-state index contributed by atoms with van der Waals surface area (Å²) in [4.78, 5) is 15.0. The van der Waals surface area contributed by atoms with E-state index in [-0.39, 0.29) is 11.9 Å². The number of rotatable bonds is 5. The summed E-state index contributed by atoms with van der Waals surface area (Å²) < 4.78 is 10.8. The molecule has 1 aromatic heterocycles. The van der Waals surface area contributed by atoms with Crippen LogP contribution in [0.25, 0.3) is 0 Å². The lowest BCUT2D eigenvalue weighted by Gasteiger charge is -2.32. The van der Waals surface area contributed by atoms with Crippen LogP contribution >= 0.6 is 0 Å². The number of carbonyl (C=O) groups is 1. The standard InChI is InChI=1S/C20H26N4O3/c1-26-18-5-3-2-4-14(18)13-24-10-7-15(8-11-24)22-20(25)19-16-12-21-9-6-17(16)23-27-19/h2-5,15,21H,6-13H2,1H3,(H,22,25). The SMILES string of the molecule is COc1ccccc1CN1CCC(NC(=O)c2onc3c2CNCC3)CC1. The second-order valence-corrected chi connectivity index (χ2v) is 7.20. The van der Waals surface area contributed by atoms with Crippen LogP contribution in [0.2, 0.25) is 0 Å². The Hall–Kier alpha value is -2.38. The van der Waals surface area contributed by atoms with Gasteiger partial charge >= 0.3 is 0 Å². The van der Waals surface area contributed by atoms with Gasteiger partial charge in [-0.05, 0) is 18.9 Å². The summed E-state index contributed by atoms with van der Waals surface area (Å²) in [5.41, 5.74) is 3.01. The fraction of sp³-hybridized carbons (Fsp3) is 0.500. The molecule has 0 spiro atoms. The molecule has 1 amide bonds. The molecule has 0 unspecified atom stereocenters. The van der Waals surface area contributed by atoms with Crippen molar-refractivity contribution in [3.63, 3.8) is 0 Å². The zero-order valence-corrected chi connectivity index (χ0v) is 15.7. The summed E-state index contributed by atoms with van der Waals surface area (Å²) in [7, 11) is 1.71. The minimum absolute atomic E-state index is 0.143. The van der Waals surface area contributed by atoms with Crippen LogP contribution in [0.3, 0.4) is 0 Å². The van der Waals surface area contributed by atoms with Crippen molar-refractivity contribution >= 4 is 5.91 Å². The van der Waals surface area contributed by atoms with Crippen LogP contribution in [-0.2, 0) is 19.5 Å². The lowest BCUT2D eigenvalue weighted by atomic mass is 10.0. The third-order valence-electron chi connectivity index (χ3n) is 5.43. The lowest BCUT2D eigenvalue weighted by Crippen LogP contribution is -2.44. The maximum absolute atomic E-state index is 12.6. The van der Waals surface area contributed by atoms with Crippen molar-refractivity contribution < 1.29 is 14.1 Å². The predicted molar refractivity (Wildman–Crippen MR) is 101 cm³/mol. The third-order valence-corrected chi connectivity index (χ3v) is 5.43. The number of nitrogens with one attached hydrogen (secondary N) is 2. The second kappa shape index (κ2) is 8.10. The number of aromatic nitrogens is 1. The predicted octanol–water partition coefficient (Wildman–Crippen LogP) is 1.72. The van der Waals surface area contributed by atoms with E-state index in [1.54, 1.807) is 7.11 Å². The van der Waals surface area contributed by atoms with Crippen LogP contribution in [0.4, 0.5) is 0 Å². The zero-order valence-electron chi connectivity index (χ0n) is 15.7. The van der Waals surface area contributed by atoms with Gasteiger partial charge in [0.25, 0.3) is 5.91 Å². The Balaban J connectivity index is 1.30. The Morgan fingerprint density at radius 3 is 3.00 bits per heavy atom. The van der Waals surface area contributed by atoms with E-state index in [1.165, 1.54) is 5.56 Å². The zero-order chi connectivity index (χ0) is 18.6. The summed E-state index contributed by atoms with van der Waals surface area (Å²) in [5.74, 6) is 1.15. The highest BCUT2D eigenvalue weighted by Gasteiger charge is 2.27. The summed E-state index contributed by atoms with van der Waals surface area (Å²) >= 11 is 0. The third kappa shape index (κ3) is 3.99. The molecule has 144 valence electrons. The number of fused-ring (bicyclic) bond motifs is 1. The van der Waals surface area contributed by atoms with Crippen molar-refractivity contribution in [1.29, 1.82) is 0 Å². The highest BCUT2D eigenvalue weighted by molar-refractivity contribution is 5.93. The minimum Gasteiger partial charge on any atom is -0.496 e. The molecule has 1 fully saturated rings. The number of para-hydroxylation sites is 1. The number of hydrogen-bond donors (Lipinski definition) is 2. The van der Waals surface area contributed by atoms with Gasteiger partial charge in [-0.1, -0.05) is 23.4 Å². The molecule has 1 aromatic carbocycles. The van der Waals surface area contributed by atoms with Crippen LogP contribution in [0.15, 0.2) is 28.8 Å². The normalized spacial score (nSPS) is 18.1. The molecule has 27 heavy (non-hydrogen) atoms. The van der Waals surface area contributed by atoms with Crippen LogP contribution in [0, 0.1) is 0 Å². The first kappa shape index (κ1) is 18.0. The van der Waals surface area contributed by atoms with E-state index >= 15 is 0 Å². The highest BCUT2D eigenvalue weighted by Crippen LogP contribution is 2.22. The van der Waals surface area contributed by atoms with Crippen LogP contribution in [-0.4, -0.2) is 48.7 Å². The van der Waals surface area contributed by atoms with Gasteiger partial charge in [0.15, 0.2) is 0 Å². The fourth-order valence-electron chi connectivity index (χ4n) is 3.88. The van der Waals surface area contributed by atoms with Crippen molar-refractivity contribution in [3.8, 4) is 5.75 Å². The number of benzene rings is 1. The van der Waals surface area contributed by atoms with Gasteiger partial charge in [0, 0.05) is 56.3 Å². The lowest BCUT2D eigenvalue weighted by molar-refractivity contribution is 0.0870. The molecule has 2 aliphatic heterocycles. The van der Waals surface area contributed by atoms with Crippen molar-refractivity contribution in [2.75, 3.05) is 26.7 Å². The number of methoxy groups -OCH3 is 1. The maximum Gasteiger partial charge on any atom is 0.290 e. The average Bonchev–Trinajstić information content (AvgIpc) is 3.14. The molecule has 7 heteroatoms. The summed E-state index contributed by atoms with van der Waals surface area (Å²) in [6.45, 7) is 4.29. The molecule has 3 heterocycles. The number of likely N-dealkylation sites (tertiary alicyclic amines) is 1. The molecule has 2 N–H and O–H groups in total. The van der Waals surface area contributed by atoms with Crippen molar-refractivity contribution in [1.82, 2.24) is 20.7 Å². The fourth-order valence-corrected chi connectivity index (χ4v) is 3.88. The Morgan fingerprint density at radius 2 is 2.19 bits per heavy atom. The number of piperidine rings is 1. The van der Waals surface area contributed by atoms with Gasteiger partial charge in [0.2, 0.25) is 5.76 Å². The molecular formula is C20H26N4O3. The van der Waals surface area contributed by atoms with Gasteiger partial charge < -0.3 is 19.9 Å². The molecule has 7 nitrogen and oxygen atoms in total. The molecule has 0 aliphatic carbocycles. The summed E-state index contributed by atoms with van der Waals surface area (Å²) in [6, 6.07) is 8.30. The smallest absolute Gasteiger partial charge is 0.290 e. The average molecular weight is 370 g/mol. The van der Waals surface area contributed by atoms with Gasteiger partial charge in [0.05, 0.1) is 12.8 Å². The maximum atomic E-state index is 12.6.